The fraction of sp³-hybridized carbons (Fsp3) is 0.364. The van der Waals surface area contributed by atoms with Gasteiger partial charge in [-0.15, -0.1) is 11.8 Å². The van der Waals surface area contributed by atoms with Crippen molar-refractivity contribution in [2.75, 3.05) is 5.75 Å². The van der Waals surface area contributed by atoms with Gasteiger partial charge in [-0.2, -0.15) is 18.4 Å². The monoisotopic (exact) mass is 289 g/mol. The first-order chi connectivity index (χ1) is 8.75. The van der Waals surface area contributed by atoms with Gasteiger partial charge in [0.2, 0.25) is 5.91 Å². The van der Waals surface area contributed by atoms with Crippen molar-refractivity contribution in [3.63, 3.8) is 0 Å². The minimum absolute atomic E-state index is 0.00646. The van der Waals surface area contributed by atoms with E-state index >= 15 is 0 Å². The van der Waals surface area contributed by atoms with Crippen LogP contribution < -0.4 is 5.73 Å². The Hall–Kier alpha value is -1.75. The fourth-order valence-electron chi connectivity index (χ4n) is 1.33. The number of nitrogens with two attached hydrogens (primary N) is 1. The number of amides is 1. The zero-order valence-corrected chi connectivity index (χ0v) is 10.7. The number of rotatable bonds is 4. The maximum atomic E-state index is 12.8. The highest BCUT2D eigenvalue weighted by Gasteiger charge is 2.35. The second kappa shape index (κ2) is 5.93. The zero-order valence-electron chi connectivity index (χ0n) is 9.91. The van der Waals surface area contributed by atoms with Crippen molar-refractivity contribution in [2.24, 2.45) is 5.73 Å². The highest BCUT2D eigenvalue weighted by atomic mass is 32.2. The average Bonchev–Trinajstić information content (AvgIpc) is 2.26. The van der Waals surface area contributed by atoms with Crippen LogP contribution in [-0.2, 0) is 11.0 Å². The molecule has 1 aromatic heterocycles. The van der Waals surface area contributed by atoms with E-state index in [0.29, 0.717) is 0 Å². The number of primary amides is 1. The standard InChI is InChI=1S/C11H10F3N3OS/c1-6-4-8(11(12,13)14)7(5-15)10(17-6)19-3-2-9(16)18/h4H,2-3H2,1H3,(H2,16,18). The molecule has 1 rings (SSSR count). The van der Waals surface area contributed by atoms with Crippen LogP contribution in [-0.4, -0.2) is 16.6 Å². The van der Waals surface area contributed by atoms with Crippen molar-refractivity contribution in [3.8, 4) is 6.07 Å². The summed E-state index contributed by atoms with van der Waals surface area (Å²) in [5.41, 5.74) is 3.57. The molecule has 0 aromatic carbocycles. The summed E-state index contributed by atoms with van der Waals surface area (Å²) in [6, 6.07) is 2.35. The summed E-state index contributed by atoms with van der Waals surface area (Å²) in [7, 11) is 0. The van der Waals surface area contributed by atoms with Crippen molar-refractivity contribution in [3.05, 3.63) is 22.9 Å². The molecule has 4 nitrogen and oxygen atoms in total. The Balaban J connectivity index is 3.14. The number of hydrogen-bond acceptors (Lipinski definition) is 4. The van der Waals surface area contributed by atoms with Crippen LogP contribution in [0, 0.1) is 18.3 Å². The van der Waals surface area contributed by atoms with Crippen molar-refractivity contribution in [1.82, 2.24) is 4.98 Å². The number of thioether (sulfide) groups is 1. The number of alkyl halides is 3. The maximum absolute atomic E-state index is 12.8. The molecule has 0 aliphatic heterocycles. The number of aryl methyl sites for hydroxylation is 1. The number of carbonyl (C=O) groups is 1. The van der Waals surface area contributed by atoms with E-state index in [2.05, 4.69) is 4.98 Å². The second-order valence-electron chi connectivity index (χ2n) is 3.67. The van der Waals surface area contributed by atoms with Crippen LogP contribution in [0.2, 0.25) is 0 Å². The topological polar surface area (TPSA) is 79.8 Å². The van der Waals surface area contributed by atoms with E-state index in [1.54, 1.807) is 0 Å². The molecule has 0 unspecified atom stereocenters. The lowest BCUT2D eigenvalue weighted by atomic mass is 10.1. The third-order valence-corrected chi connectivity index (χ3v) is 3.10. The minimum atomic E-state index is -4.61. The molecule has 0 fully saturated rings. The summed E-state index contributed by atoms with van der Waals surface area (Å²) in [5, 5.41) is 8.84. The van der Waals surface area contributed by atoms with E-state index < -0.39 is 23.2 Å². The number of pyridine rings is 1. The number of halogens is 3. The largest absolute Gasteiger partial charge is 0.417 e. The van der Waals surface area contributed by atoms with Gasteiger partial charge in [0.05, 0.1) is 11.1 Å². The SMILES string of the molecule is Cc1cc(C(F)(F)F)c(C#N)c(SCCC(N)=O)n1. The molecule has 0 radical (unpaired) electrons. The maximum Gasteiger partial charge on any atom is 0.417 e. The summed E-state index contributed by atoms with van der Waals surface area (Å²) in [5.74, 6) is -0.382. The molecule has 0 saturated carbocycles. The predicted octanol–water partition coefficient (Wildman–Crippen LogP) is 2.25. The van der Waals surface area contributed by atoms with Crippen LogP contribution in [0.3, 0.4) is 0 Å². The number of aromatic nitrogens is 1. The van der Waals surface area contributed by atoms with Gasteiger partial charge in [-0.25, -0.2) is 4.98 Å². The Morgan fingerprint density at radius 1 is 1.58 bits per heavy atom. The Morgan fingerprint density at radius 3 is 2.68 bits per heavy atom. The number of nitriles is 1. The van der Waals surface area contributed by atoms with Crippen molar-refractivity contribution in [2.45, 2.75) is 24.5 Å². The van der Waals surface area contributed by atoms with Crippen LogP contribution in [0.25, 0.3) is 0 Å². The molecular formula is C11H10F3N3OS. The first-order valence-electron chi connectivity index (χ1n) is 5.15. The molecule has 0 spiro atoms. The van der Waals surface area contributed by atoms with Gasteiger partial charge in [-0.3, -0.25) is 4.79 Å². The lowest BCUT2D eigenvalue weighted by Crippen LogP contribution is -2.12. The summed E-state index contributed by atoms with van der Waals surface area (Å²) in [6.45, 7) is 1.41. The lowest BCUT2D eigenvalue weighted by molar-refractivity contribution is -0.138. The van der Waals surface area contributed by atoms with Gasteiger partial charge in [0, 0.05) is 17.9 Å². The van der Waals surface area contributed by atoms with Crippen LogP contribution in [0.1, 0.15) is 23.2 Å². The fourth-order valence-corrected chi connectivity index (χ4v) is 2.33. The molecule has 0 bridgehead atoms. The summed E-state index contributed by atoms with van der Waals surface area (Å²) in [6.07, 6.45) is -4.61. The normalized spacial score (nSPS) is 11.1. The van der Waals surface area contributed by atoms with Gasteiger partial charge in [-0.1, -0.05) is 0 Å². The Morgan fingerprint density at radius 2 is 2.21 bits per heavy atom. The van der Waals surface area contributed by atoms with Gasteiger partial charge >= 0.3 is 6.18 Å². The van der Waals surface area contributed by atoms with E-state index in [4.69, 9.17) is 11.0 Å². The van der Waals surface area contributed by atoms with Crippen LogP contribution >= 0.6 is 11.8 Å². The Bertz CT molecular complexity index is 537. The molecule has 2 N–H and O–H groups in total. The summed E-state index contributed by atoms with van der Waals surface area (Å²) in [4.78, 5) is 14.5. The van der Waals surface area contributed by atoms with Crippen molar-refractivity contribution in [1.29, 1.82) is 5.26 Å². The van der Waals surface area contributed by atoms with E-state index in [1.807, 2.05) is 0 Å². The van der Waals surface area contributed by atoms with E-state index in [-0.39, 0.29) is 22.9 Å². The van der Waals surface area contributed by atoms with Gasteiger partial charge < -0.3 is 5.73 Å². The third-order valence-electron chi connectivity index (χ3n) is 2.12. The summed E-state index contributed by atoms with van der Waals surface area (Å²) < 4.78 is 38.4. The van der Waals surface area contributed by atoms with Crippen molar-refractivity contribution < 1.29 is 18.0 Å². The number of hydrogen-bond donors (Lipinski definition) is 1. The highest BCUT2D eigenvalue weighted by molar-refractivity contribution is 7.99. The summed E-state index contributed by atoms with van der Waals surface area (Å²) >= 11 is 0.910. The van der Waals surface area contributed by atoms with Gasteiger partial charge in [-0.05, 0) is 13.0 Å². The predicted molar refractivity (Wildman–Crippen MR) is 63.2 cm³/mol. The highest BCUT2D eigenvalue weighted by Crippen LogP contribution is 2.35. The smallest absolute Gasteiger partial charge is 0.370 e. The van der Waals surface area contributed by atoms with Crippen LogP contribution in [0.4, 0.5) is 13.2 Å². The van der Waals surface area contributed by atoms with E-state index in [1.165, 1.54) is 13.0 Å². The van der Waals surface area contributed by atoms with Crippen molar-refractivity contribution >= 4 is 17.7 Å². The molecule has 1 heterocycles. The van der Waals surface area contributed by atoms with E-state index in [9.17, 15) is 18.0 Å². The molecule has 102 valence electrons. The second-order valence-corrected chi connectivity index (χ2v) is 4.75. The Kier molecular flexibility index (Phi) is 4.78. The average molecular weight is 289 g/mol. The molecule has 19 heavy (non-hydrogen) atoms. The Labute approximate surface area is 111 Å². The zero-order chi connectivity index (χ0) is 14.6. The lowest BCUT2D eigenvalue weighted by Gasteiger charge is -2.12. The van der Waals surface area contributed by atoms with Gasteiger partial charge in [0.1, 0.15) is 11.1 Å². The number of carbonyl (C=O) groups excluding carboxylic acids is 1. The molecule has 0 aliphatic carbocycles. The first-order valence-corrected chi connectivity index (χ1v) is 6.14. The van der Waals surface area contributed by atoms with Gasteiger partial charge in [0.15, 0.2) is 0 Å². The molecule has 1 amide bonds. The minimum Gasteiger partial charge on any atom is -0.370 e. The van der Waals surface area contributed by atoms with E-state index in [0.717, 1.165) is 17.8 Å². The third kappa shape index (κ3) is 4.13. The first kappa shape index (κ1) is 15.3. The quantitative estimate of drug-likeness (QED) is 0.862. The van der Waals surface area contributed by atoms with Gasteiger partial charge in [0.25, 0.3) is 0 Å². The number of nitrogens with zero attached hydrogens (tertiary/aromatic N) is 2. The molecular weight excluding hydrogens is 279 g/mol. The molecule has 0 atom stereocenters. The molecule has 0 saturated heterocycles. The van der Waals surface area contributed by atoms with Crippen LogP contribution in [0.15, 0.2) is 11.1 Å². The van der Waals surface area contributed by atoms with Crippen LogP contribution in [0.5, 0.6) is 0 Å². The molecule has 8 heteroatoms. The molecule has 0 aliphatic rings. The molecule has 1 aromatic rings.